The van der Waals surface area contributed by atoms with E-state index in [2.05, 4.69) is 30.5 Å². The lowest BCUT2D eigenvalue weighted by Gasteiger charge is -2.41. The monoisotopic (exact) mass is 293 g/mol. The minimum absolute atomic E-state index is 0.378. The molecule has 0 aliphatic carbocycles. The highest BCUT2D eigenvalue weighted by Crippen LogP contribution is 2.37. The van der Waals surface area contributed by atoms with Gasteiger partial charge in [-0.15, -0.1) is 0 Å². The topological polar surface area (TPSA) is 40.5 Å². The van der Waals surface area contributed by atoms with Crippen molar-refractivity contribution in [2.75, 3.05) is 18.8 Å². The molecule has 0 radical (unpaired) electrons. The SMILES string of the molecule is CCC1(CC)CN(Cc2cccc(C(=O)O)c2)CCS1. The first-order valence-electron chi connectivity index (χ1n) is 7.27. The summed E-state index contributed by atoms with van der Waals surface area (Å²) in [5.74, 6) is 0.317. The third kappa shape index (κ3) is 3.55. The van der Waals surface area contributed by atoms with Crippen LogP contribution in [0.3, 0.4) is 0 Å². The lowest BCUT2D eigenvalue weighted by molar-refractivity contribution is 0.0696. The molecule has 1 aromatic rings. The molecule has 1 fully saturated rings. The minimum Gasteiger partial charge on any atom is -0.478 e. The first-order valence-corrected chi connectivity index (χ1v) is 8.25. The summed E-state index contributed by atoms with van der Waals surface area (Å²) >= 11 is 2.10. The van der Waals surface area contributed by atoms with E-state index < -0.39 is 5.97 Å². The van der Waals surface area contributed by atoms with Gasteiger partial charge in [-0.2, -0.15) is 11.8 Å². The Labute approximate surface area is 125 Å². The maximum Gasteiger partial charge on any atom is 0.335 e. The average molecular weight is 293 g/mol. The van der Waals surface area contributed by atoms with E-state index in [9.17, 15) is 4.79 Å². The van der Waals surface area contributed by atoms with Crippen molar-refractivity contribution in [1.82, 2.24) is 4.90 Å². The molecule has 0 spiro atoms. The molecule has 1 aromatic carbocycles. The van der Waals surface area contributed by atoms with Crippen LogP contribution in [0.2, 0.25) is 0 Å². The van der Waals surface area contributed by atoms with Gasteiger partial charge in [0.05, 0.1) is 5.56 Å². The average Bonchev–Trinajstić information content (AvgIpc) is 2.47. The molecule has 1 aliphatic rings. The van der Waals surface area contributed by atoms with Gasteiger partial charge in [-0.1, -0.05) is 26.0 Å². The summed E-state index contributed by atoms with van der Waals surface area (Å²) in [5.41, 5.74) is 1.48. The largest absolute Gasteiger partial charge is 0.478 e. The number of carbonyl (C=O) groups is 1. The molecule has 110 valence electrons. The van der Waals surface area contributed by atoms with Gasteiger partial charge in [0.25, 0.3) is 0 Å². The van der Waals surface area contributed by atoms with Crippen molar-refractivity contribution in [3.8, 4) is 0 Å². The lowest BCUT2D eigenvalue weighted by atomic mass is 10.0. The van der Waals surface area contributed by atoms with Crippen LogP contribution in [0.4, 0.5) is 0 Å². The lowest BCUT2D eigenvalue weighted by Crippen LogP contribution is -2.45. The summed E-state index contributed by atoms with van der Waals surface area (Å²) in [6.45, 7) is 7.57. The molecular weight excluding hydrogens is 270 g/mol. The van der Waals surface area contributed by atoms with E-state index in [1.165, 1.54) is 18.6 Å². The molecule has 0 unspecified atom stereocenters. The molecule has 0 saturated carbocycles. The zero-order chi connectivity index (χ0) is 14.6. The van der Waals surface area contributed by atoms with Crippen LogP contribution in [-0.2, 0) is 6.54 Å². The van der Waals surface area contributed by atoms with E-state index in [0.29, 0.717) is 10.3 Å². The smallest absolute Gasteiger partial charge is 0.335 e. The van der Waals surface area contributed by atoms with E-state index in [-0.39, 0.29) is 0 Å². The highest BCUT2D eigenvalue weighted by atomic mass is 32.2. The normalized spacial score (nSPS) is 18.9. The van der Waals surface area contributed by atoms with Crippen LogP contribution in [0.25, 0.3) is 0 Å². The van der Waals surface area contributed by atoms with Gasteiger partial charge in [-0.05, 0) is 30.5 Å². The molecule has 1 aliphatic heterocycles. The van der Waals surface area contributed by atoms with Crippen molar-refractivity contribution in [3.05, 3.63) is 35.4 Å². The van der Waals surface area contributed by atoms with Gasteiger partial charge >= 0.3 is 5.97 Å². The van der Waals surface area contributed by atoms with Crippen LogP contribution in [0.1, 0.15) is 42.6 Å². The summed E-state index contributed by atoms with van der Waals surface area (Å²) < 4.78 is 0.378. The van der Waals surface area contributed by atoms with Gasteiger partial charge < -0.3 is 5.11 Å². The number of carboxylic acid groups (broad SMARTS) is 1. The van der Waals surface area contributed by atoms with Crippen LogP contribution in [0.5, 0.6) is 0 Å². The van der Waals surface area contributed by atoms with Gasteiger partial charge in [0, 0.05) is 30.1 Å². The summed E-state index contributed by atoms with van der Waals surface area (Å²) in [4.78, 5) is 13.5. The molecule has 0 bridgehead atoms. The van der Waals surface area contributed by atoms with Gasteiger partial charge in [-0.25, -0.2) is 4.79 Å². The standard InChI is InChI=1S/C16H23NO2S/c1-3-16(4-2)12-17(8-9-20-16)11-13-6-5-7-14(10-13)15(18)19/h5-7,10H,3-4,8-9,11-12H2,1-2H3,(H,18,19). The molecular formula is C16H23NO2S. The second-order valence-corrected chi connectivity index (χ2v) is 7.02. The van der Waals surface area contributed by atoms with E-state index in [4.69, 9.17) is 5.11 Å². The van der Waals surface area contributed by atoms with E-state index in [1.54, 1.807) is 12.1 Å². The highest BCUT2D eigenvalue weighted by Gasteiger charge is 2.32. The van der Waals surface area contributed by atoms with Crippen molar-refractivity contribution in [2.45, 2.75) is 38.0 Å². The van der Waals surface area contributed by atoms with Crippen molar-refractivity contribution in [1.29, 1.82) is 0 Å². The molecule has 4 heteroatoms. The fourth-order valence-electron chi connectivity index (χ4n) is 2.80. The molecule has 1 N–H and O–H groups in total. The van der Waals surface area contributed by atoms with Gasteiger partial charge in [-0.3, -0.25) is 4.90 Å². The fourth-order valence-corrected chi connectivity index (χ4v) is 4.26. The Kier molecular flexibility index (Phi) is 5.11. The fraction of sp³-hybridized carbons (Fsp3) is 0.562. The number of rotatable bonds is 5. The Morgan fingerprint density at radius 3 is 2.80 bits per heavy atom. The minimum atomic E-state index is -0.850. The Morgan fingerprint density at radius 1 is 1.40 bits per heavy atom. The maximum atomic E-state index is 11.0. The van der Waals surface area contributed by atoms with Crippen LogP contribution in [-0.4, -0.2) is 39.6 Å². The zero-order valence-corrected chi connectivity index (χ0v) is 13.1. The van der Waals surface area contributed by atoms with Crippen LogP contribution in [0.15, 0.2) is 24.3 Å². The molecule has 0 amide bonds. The third-order valence-corrected chi connectivity index (χ3v) is 5.90. The third-order valence-electron chi connectivity index (χ3n) is 4.20. The van der Waals surface area contributed by atoms with E-state index in [0.717, 1.165) is 25.2 Å². The summed E-state index contributed by atoms with van der Waals surface area (Å²) in [6.07, 6.45) is 2.39. The number of hydrogen-bond acceptors (Lipinski definition) is 3. The molecule has 3 nitrogen and oxygen atoms in total. The van der Waals surface area contributed by atoms with Gasteiger partial charge in [0.2, 0.25) is 0 Å². The first kappa shape index (κ1) is 15.4. The number of benzene rings is 1. The van der Waals surface area contributed by atoms with Crippen molar-refractivity contribution in [2.24, 2.45) is 0 Å². The second-order valence-electron chi connectivity index (χ2n) is 5.45. The van der Waals surface area contributed by atoms with Crippen LogP contribution < -0.4 is 0 Å². The van der Waals surface area contributed by atoms with Crippen LogP contribution >= 0.6 is 11.8 Å². The zero-order valence-electron chi connectivity index (χ0n) is 12.3. The summed E-state index contributed by atoms with van der Waals surface area (Å²) in [7, 11) is 0. The molecule has 2 rings (SSSR count). The number of carboxylic acids is 1. The molecule has 1 heterocycles. The number of thioether (sulfide) groups is 1. The quantitative estimate of drug-likeness (QED) is 0.902. The second kappa shape index (κ2) is 6.64. The number of hydrogen-bond donors (Lipinski definition) is 1. The first-order chi connectivity index (χ1) is 9.58. The van der Waals surface area contributed by atoms with Crippen molar-refractivity contribution >= 4 is 17.7 Å². The molecule has 1 saturated heterocycles. The molecule has 0 atom stereocenters. The maximum absolute atomic E-state index is 11.0. The molecule has 20 heavy (non-hydrogen) atoms. The summed E-state index contributed by atoms with van der Waals surface area (Å²) in [5, 5.41) is 9.06. The van der Waals surface area contributed by atoms with Crippen molar-refractivity contribution in [3.63, 3.8) is 0 Å². The van der Waals surface area contributed by atoms with Crippen molar-refractivity contribution < 1.29 is 9.90 Å². The predicted molar refractivity (Wildman–Crippen MR) is 84.4 cm³/mol. The van der Waals surface area contributed by atoms with Gasteiger partial charge in [0.1, 0.15) is 0 Å². The van der Waals surface area contributed by atoms with Gasteiger partial charge in [0.15, 0.2) is 0 Å². The van der Waals surface area contributed by atoms with E-state index in [1.807, 2.05) is 12.1 Å². The Hall–Kier alpha value is -1.00. The number of nitrogens with zero attached hydrogens (tertiary/aromatic N) is 1. The Morgan fingerprint density at radius 2 is 2.15 bits per heavy atom. The highest BCUT2D eigenvalue weighted by molar-refractivity contribution is 8.00. The summed E-state index contributed by atoms with van der Waals surface area (Å²) in [6, 6.07) is 7.31. The number of aromatic carboxylic acids is 1. The van der Waals surface area contributed by atoms with E-state index >= 15 is 0 Å². The molecule has 0 aromatic heterocycles. The van der Waals surface area contributed by atoms with Crippen LogP contribution in [0, 0.1) is 0 Å². The predicted octanol–water partition coefficient (Wildman–Crippen LogP) is 3.49. The Balaban J connectivity index is 2.06. The Bertz CT molecular complexity index is 471.